The number of carbonyl (C=O) groups is 1. The summed E-state index contributed by atoms with van der Waals surface area (Å²) >= 11 is 6.04. The molecule has 0 heterocycles. The highest BCUT2D eigenvalue weighted by atomic mass is 35.5. The van der Waals surface area contributed by atoms with Crippen LogP contribution in [-0.4, -0.2) is 24.6 Å². The van der Waals surface area contributed by atoms with E-state index in [0.29, 0.717) is 23.9 Å². The zero-order chi connectivity index (χ0) is 15.9. The van der Waals surface area contributed by atoms with Crippen LogP contribution in [0.25, 0.3) is 0 Å². The smallest absolute Gasteiger partial charge is 0.257 e. The van der Waals surface area contributed by atoms with Crippen LogP contribution in [0.15, 0.2) is 18.2 Å². The SMILES string of the molecule is CCCNC(=O)COc1ccc(Cl)cc1CNC(C)(C)C. The zero-order valence-electron chi connectivity index (χ0n) is 13.3. The van der Waals surface area contributed by atoms with E-state index in [1.165, 1.54) is 0 Å². The van der Waals surface area contributed by atoms with E-state index >= 15 is 0 Å². The predicted octanol–water partition coefficient (Wildman–Crippen LogP) is 3.13. The third-order valence-electron chi connectivity index (χ3n) is 2.76. The van der Waals surface area contributed by atoms with E-state index in [4.69, 9.17) is 16.3 Å². The third-order valence-corrected chi connectivity index (χ3v) is 3.00. The van der Waals surface area contributed by atoms with Crippen LogP contribution in [0.5, 0.6) is 5.75 Å². The summed E-state index contributed by atoms with van der Waals surface area (Å²) in [6, 6.07) is 5.43. The number of amides is 1. The van der Waals surface area contributed by atoms with E-state index in [0.717, 1.165) is 12.0 Å². The van der Waals surface area contributed by atoms with Crippen molar-refractivity contribution in [1.82, 2.24) is 10.6 Å². The standard InChI is InChI=1S/C16H25ClN2O2/c1-5-8-18-15(20)11-21-14-7-6-13(17)9-12(14)10-19-16(2,3)4/h6-7,9,19H,5,8,10-11H2,1-4H3,(H,18,20). The number of benzene rings is 1. The van der Waals surface area contributed by atoms with Crippen molar-refractivity contribution in [1.29, 1.82) is 0 Å². The van der Waals surface area contributed by atoms with Gasteiger partial charge in [-0.1, -0.05) is 18.5 Å². The molecular weight excluding hydrogens is 288 g/mol. The molecule has 1 aromatic carbocycles. The molecule has 1 amide bonds. The summed E-state index contributed by atoms with van der Waals surface area (Å²) in [5, 5.41) is 6.83. The highest BCUT2D eigenvalue weighted by Gasteiger charge is 2.12. The normalized spacial score (nSPS) is 11.3. The molecule has 0 unspecified atom stereocenters. The molecule has 0 aromatic heterocycles. The summed E-state index contributed by atoms with van der Waals surface area (Å²) in [6.07, 6.45) is 0.910. The minimum Gasteiger partial charge on any atom is -0.483 e. The molecule has 0 saturated heterocycles. The van der Waals surface area contributed by atoms with Crippen LogP contribution in [0.4, 0.5) is 0 Å². The van der Waals surface area contributed by atoms with Crippen molar-refractivity contribution in [2.24, 2.45) is 0 Å². The second-order valence-corrected chi connectivity index (χ2v) is 6.43. The fourth-order valence-electron chi connectivity index (χ4n) is 1.65. The lowest BCUT2D eigenvalue weighted by molar-refractivity contribution is -0.123. The number of hydrogen-bond acceptors (Lipinski definition) is 3. The predicted molar refractivity (Wildman–Crippen MR) is 86.8 cm³/mol. The van der Waals surface area contributed by atoms with Crippen molar-refractivity contribution in [3.63, 3.8) is 0 Å². The Labute approximate surface area is 132 Å². The van der Waals surface area contributed by atoms with Gasteiger partial charge in [0.25, 0.3) is 5.91 Å². The molecule has 0 aliphatic carbocycles. The van der Waals surface area contributed by atoms with Gasteiger partial charge < -0.3 is 15.4 Å². The van der Waals surface area contributed by atoms with Gasteiger partial charge in [-0.25, -0.2) is 0 Å². The molecule has 0 aliphatic heterocycles. The Morgan fingerprint density at radius 3 is 2.67 bits per heavy atom. The third kappa shape index (κ3) is 7.34. The van der Waals surface area contributed by atoms with E-state index in [2.05, 4.69) is 31.4 Å². The van der Waals surface area contributed by atoms with E-state index in [1.54, 1.807) is 12.1 Å². The first-order chi connectivity index (χ1) is 9.81. The molecule has 21 heavy (non-hydrogen) atoms. The average molecular weight is 313 g/mol. The molecule has 5 heteroatoms. The second-order valence-electron chi connectivity index (χ2n) is 5.99. The highest BCUT2D eigenvalue weighted by Crippen LogP contribution is 2.23. The van der Waals surface area contributed by atoms with E-state index in [9.17, 15) is 4.79 Å². The number of halogens is 1. The largest absolute Gasteiger partial charge is 0.483 e. The maximum Gasteiger partial charge on any atom is 0.257 e. The highest BCUT2D eigenvalue weighted by molar-refractivity contribution is 6.30. The van der Waals surface area contributed by atoms with Crippen molar-refractivity contribution in [2.45, 2.75) is 46.2 Å². The molecular formula is C16H25ClN2O2. The van der Waals surface area contributed by atoms with Gasteiger partial charge >= 0.3 is 0 Å². The zero-order valence-corrected chi connectivity index (χ0v) is 14.0. The van der Waals surface area contributed by atoms with Gasteiger partial charge in [-0.15, -0.1) is 0 Å². The van der Waals surface area contributed by atoms with Gasteiger partial charge in [0, 0.05) is 29.2 Å². The summed E-state index contributed by atoms with van der Waals surface area (Å²) in [7, 11) is 0. The van der Waals surface area contributed by atoms with Crippen molar-refractivity contribution in [3.8, 4) is 5.75 Å². The van der Waals surface area contributed by atoms with Crippen LogP contribution in [0.2, 0.25) is 5.02 Å². The molecule has 4 nitrogen and oxygen atoms in total. The number of ether oxygens (including phenoxy) is 1. The van der Waals surface area contributed by atoms with E-state index in [-0.39, 0.29) is 18.1 Å². The average Bonchev–Trinajstić information content (AvgIpc) is 2.41. The van der Waals surface area contributed by atoms with Gasteiger partial charge in [0.05, 0.1) is 0 Å². The topological polar surface area (TPSA) is 50.4 Å². The first-order valence-corrected chi connectivity index (χ1v) is 7.62. The van der Waals surface area contributed by atoms with Crippen LogP contribution >= 0.6 is 11.6 Å². The quantitative estimate of drug-likeness (QED) is 0.813. The number of hydrogen-bond donors (Lipinski definition) is 2. The number of carbonyl (C=O) groups excluding carboxylic acids is 1. The molecule has 1 aromatic rings. The number of rotatable bonds is 7. The van der Waals surface area contributed by atoms with Crippen LogP contribution in [0.3, 0.4) is 0 Å². The van der Waals surface area contributed by atoms with Crippen LogP contribution < -0.4 is 15.4 Å². The monoisotopic (exact) mass is 312 g/mol. The fourth-order valence-corrected chi connectivity index (χ4v) is 1.84. The summed E-state index contributed by atoms with van der Waals surface area (Å²) in [6.45, 7) is 9.61. The van der Waals surface area contributed by atoms with Gasteiger partial charge in [0.15, 0.2) is 6.61 Å². The van der Waals surface area contributed by atoms with Crippen LogP contribution in [-0.2, 0) is 11.3 Å². The van der Waals surface area contributed by atoms with E-state index < -0.39 is 0 Å². The Morgan fingerprint density at radius 1 is 1.33 bits per heavy atom. The lowest BCUT2D eigenvalue weighted by Crippen LogP contribution is -2.35. The van der Waals surface area contributed by atoms with Gasteiger partial charge in [0.2, 0.25) is 0 Å². The molecule has 0 atom stereocenters. The van der Waals surface area contributed by atoms with Gasteiger partial charge in [-0.3, -0.25) is 4.79 Å². The molecule has 0 saturated carbocycles. The Hall–Kier alpha value is -1.26. The van der Waals surface area contributed by atoms with Crippen molar-refractivity contribution >= 4 is 17.5 Å². The van der Waals surface area contributed by atoms with E-state index in [1.807, 2.05) is 13.0 Å². The Morgan fingerprint density at radius 2 is 2.05 bits per heavy atom. The van der Waals surface area contributed by atoms with Crippen molar-refractivity contribution in [3.05, 3.63) is 28.8 Å². The Kier molecular flexibility index (Phi) is 6.99. The summed E-state index contributed by atoms with van der Waals surface area (Å²) < 4.78 is 5.61. The maximum absolute atomic E-state index is 11.6. The number of nitrogens with one attached hydrogen (secondary N) is 2. The first kappa shape index (κ1) is 17.8. The van der Waals surface area contributed by atoms with Crippen LogP contribution in [0, 0.1) is 0 Å². The second kappa shape index (κ2) is 8.25. The molecule has 0 radical (unpaired) electrons. The van der Waals surface area contributed by atoms with Gasteiger partial charge in [0.1, 0.15) is 5.75 Å². The van der Waals surface area contributed by atoms with Crippen molar-refractivity contribution < 1.29 is 9.53 Å². The molecule has 0 aliphatic rings. The first-order valence-electron chi connectivity index (χ1n) is 7.25. The summed E-state index contributed by atoms with van der Waals surface area (Å²) in [4.78, 5) is 11.6. The fraction of sp³-hybridized carbons (Fsp3) is 0.562. The van der Waals surface area contributed by atoms with Crippen molar-refractivity contribution in [2.75, 3.05) is 13.2 Å². The minimum absolute atomic E-state index is 0.00190. The van der Waals surface area contributed by atoms with Gasteiger partial charge in [-0.2, -0.15) is 0 Å². The molecule has 0 spiro atoms. The molecule has 0 fully saturated rings. The molecule has 2 N–H and O–H groups in total. The van der Waals surface area contributed by atoms with Crippen LogP contribution in [0.1, 0.15) is 39.7 Å². The van der Waals surface area contributed by atoms with Gasteiger partial charge in [-0.05, 0) is 45.4 Å². The lowest BCUT2D eigenvalue weighted by Gasteiger charge is -2.21. The summed E-state index contributed by atoms with van der Waals surface area (Å²) in [5.74, 6) is 0.573. The molecule has 1 rings (SSSR count). The Bertz CT molecular complexity index is 470. The lowest BCUT2D eigenvalue weighted by atomic mass is 10.1. The Balaban J connectivity index is 2.66. The molecule has 118 valence electrons. The summed E-state index contributed by atoms with van der Waals surface area (Å²) in [5.41, 5.74) is 0.943. The maximum atomic E-state index is 11.6. The molecule has 0 bridgehead atoms. The minimum atomic E-state index is -0.110.